The Labute approximate surface area is 79.2 Å². The van der Waals surface area contributed by atoms with Gasteiger partial charge in [-0.25, -0.2) is 4.79 Å². The molecule has 0 saturated carbocycles. The summed E-state index contributed by atoms with van der Waals surface area (Å²) in [5.41, 5.74) is 0. The number of carbonyl (C=O) groups is 1. The number of cyclic esters (lactones) is 1. The third-order valence-electron chi connectivity index (χ3n) is 2.07. The molecule has 1 aliphatic heterocycles. The first-order chi connectivity index (χ1) is 6.49. The van der Waals surface area contributed by atoms with Gasteiger partial charge < -0.3 is 30.3 Å². The van der Waals surface area contributed by atoms with Crippen molar-refractivity contribution in [2.45, 2.75) is 30.5 Å². The van der Waals surface area contributed by atoms with Crippen LogP contribution in [0.25, 0.3) is 0 Å². The van der Waals surface area contributed by atoms with Crippen molar-refractivity contribution in [1.82, 2.24) is 0 Å². The van der Waals surface area contributed by atoms with Crippen LogP contribution in [0.2, 0.25) is 0 Å². The molecule has 1 aliphatic rings. The minimum absolute atomic E-state index is 0.738. The molecule has 1 heterocycles. The van der Waals surface area contributed by atoms with Crippen molar-refractivity contribution in [3.05, 3.63) is 0 Å². The second kappa shape index (κ2) is 4.20. The number of esters is 1. The number of aliphatic hydroxyl groups is 5. The second-order valence-electron chi connectivity index (χ2n) is 3.08. The summed E-state index contributed by atoms with van der Waals surface area (Å²) in [5.74, 6) is -1.06. The average Bonchev–Trinajstić information content (AvgIpc) is 2.43. The zero-order valence-corrected chi connectivity index (χ0v) is 7.15. The molecule has 0 spiro atoms. The summed E-state index contributed by atoms with van der Waals surface area (Å²) in [6.07, 6.45) is -7.90. The summed E-state index contributed by atoms with van der Waals surface area (Å²) in [6.45, 7) is -0.738. The maximum absolute atomic E-state index is 10.7. The van der Waals surface area contributed by atoms with Crippen LogP contribution < -0.4 is 0 Å². The van der Waals surface area contributed by atoms with Crippen LogP contribution in [-0.2, 0) is 9.53 Å². The van der Waals surface area contributed by atoms with Crippen molar-refractivity contribution >= 4 is 5.97 Å². The van der Waals surface area contributed by atoms with Gasteiger partial charge in [0.1, 0.15) is 18.3 Å². The summed E-state index contributed by atoms with van der Waals surface area (Å²) < 4.78 is 4.41. The molecule has 1 fully saturated rings. The Bertz CT molecular complexity index is 218. The van der Waals surface area contributed by atoms with E-state index in [0.29, 0.717) is 0 Å². The average molecular weight is 208 g/mol. The highest BCUT2D eigenvalue weighted by Crippen LogP contribution is 2.20. The van der Waals surface area contributed by atoms with Gasteiger partial charge in [-0.1, -0.05) is 0 Å². The Kier molecular flexibility index (Phi) is 3.40. The van der Waals surface area contributed by atoms with E-state index in [2.05, 4.69) is 4.74 Å². The monoisotopic (exact) mass is 208 g/mol. The van der Waals surface area contributed by atoms with Crippen LogP contribution in [0, 0.1) is 0 Å². The summed E-state index contributed by atoms with van der Waals surface area (Å²) in [4.78, 5) is 10.7. The number of hydrogen-bond donors (Lipinski definition) is 5. The molecule has 0 aliphatic carbocycles. The summed E-state index contributed by atoms with van der Waals surface area (Å²) in [7, 11) is 0. The molecule has 0 aromatic rings. The van der Waals surface area contributed by atoms with Gasteiger partial charge in [-0.05, 0) is 0 Å². The molecule has 0 unspecified atom stereocenters. The van der Waals surface area contributed by atoms with Crippen molar-refractivity contribution in [2.75, 3.05) is 6.61 Å². The van der Waals surface area contributed by atoms with E-state index < -0.39 is 43.1 Å². The molecule has 5 N–H and O–H groups in total. The number of hydrogen-bond acceptors (Lipinski definition) is 7. The lowest BCUT2D eigenvalue weighted by Crippen LogP contribution is -2.46. The first-order valence-electron chi connectivity index (χ1n) is 4.02. The van der Waals surface area contributed by atoms with Gasteiger partial charge in [0.15, 0.2) is 12.2 Å². The third kappa shape index (κ3) is 1.86. The van der Waals surface area contributed by atoms with Gasteiger partial charge >= 0.3 is 5.97 Å². The molecule has 5 atom stereocenters. The molecule has 0 amide bonds. The molecule has 1 rings (SSSR count). The van der Waals surface area contributed by atoms with Crippen molar-refractivity contribution in [3.8, 4) is 0 Å². The maximum Gasteiger partial charge on any atom is 0.338 e. The van der Waals surface area contributed by atoms with Crippen molar-refractivity contribution in [3.63, 3.8) is 0 Å². The first kappa shape index (κ1) is 11.3. The molecular formula is C7H12O7. The standard InChI is InChI=1S/C7H12O7/c8-1-2(9)3(10)6-4(11)5(12)7(13)14-6/h2-6,8-12H,1H2/t2-,3-,4+,5-,6-/m1/s1. The van der Waals surface area contributed by atoms with E-state index in [4.69, 9.17) is 15.3 Å². The van der Waals surface area contributed by atoms with Gasteiger partial charge in [0, 0.05) is 0 Å². The highest BCUT2D eigenvalue weighted by atomic mass is 16.6. The van der Waals surface area contributed by atoms with Gasteiger partial charge in [0.25, 0.3) is 0 Å². The lowest BCUT2D eigenvalue weighted by atomic mass is 10.0. The van der Waals surface area contributed by atoms with E-state index >= 15 is 0 Å². The van der Waals surface area contributed by atoms with Crippen LogP contribution in [0.5, 0.6) is 0 Å². The topological polar surface area (TPSA) is 127 Å². The predicted octanol–water partition coefficient (Wildman–Crippen LogP) is -3.65. The van der Waals surface area contributed by atoms with Crippen LogP contribution >= 0.6 is 0 Å². The lowest BCUT2D eigenvalue weighted by Gasteiger charge is -2.23. The fourth-order valence-electron chi connectivity index (χ4n) is 1.19. The Balaban J connectivity index is 2.66. The van der Waals surface area contributed by atoms with E-state index in [1.165, 1.54) is 0 Å². The van der Waals surface area contributed by atoms with E-state index in [9.17, 15) is 15.0 Å². The van der Waals surface area contributed by atoms with Gasteiger partial charge in [0.05, 0.1) is 6.61 Å². The van der Waals surface area contributed by atoms with Crippen LogP contribution in [0.15, 0.2) is 0 Å². The molecule has 0 radical (unpaired) electrons. The maximum atomic E-state index is 10.7. The van der Waals surface area contributed by atoms with Crippen molar-refractivity contribution < 1.29 is 35.1 Å². The minimum Gasteiger partial charge on any atom is -0.455 e. The van der Waals surface area contributed by atoms with E-state index in [1.54, 1.807) is 0 Å². The van der Waals surface area contributed by atoms with Crippen LogP contribution in [0.1, 0.15) is 0 Å². The Morgan fingerprint density at radius 3 is 2.29 bits per heavy atom. The minimum atomic E-state index is -1.72. The quantitative estimate of drug-likeness (QED) is 0.302. The molecule has 0 aromatic carbocycles. The van der Waals surface area contributed by atoms with Gasteiger partial charge in [-0.2, -0.15) is 0 Å². The van der Waals surface area contributed by atoms with E-state index in [1.807, 2.05) is 0 Å². The molecule has 82 valence electrons. The second-order valence-corrected chi connectivity index (χ2v) is 3.08. The zero-order chi connectivity index (χ0) is 10.9. The molecule has 0 aromatic heterocycles. The number of aliphatic hydroxyl groups excluding tert-OH is 5. The first-order valence-corrected chi connectivity index (χ1v) is 4.02. The van der Waals surface area contributed by atoms with Crippen LogP contribution in [0.4, 0.5) is 0 Å². The van der Waals surface area contributed by atoms with Gasteiger partial charge in [-0.3, -0.25) is 0 Å². The predicted molar refractivity (Wildman–Crippen MR) is 41.0 cm³/mol. The van der Waals surface area contributed by atoms with Crippen LogP contribution in [-0.4, -0.2) is 68.6 Å². The SMILES string of the molecule is O=C1O[C@H]([C@H](O)[C@H](O)CO)[C@@H](O)[C@H]1O. The van der Waals surface area contributed by atoms with Crippen molar-refractivity contribution in [2.24, 2.45) is 0 Å². The normalized spacial score (nSPS) is 36.6. The zero-order valence-electron chi connectivity index (χ0n) is 7.15. The van der Waals surface area contributed by atoms with Gasteiger partial charge in [-0.15, -0.1) is 0 Å². The summed E-state index contributed by atoms with van der Waals surface area (Å²) >= 11 is 0. The van der Waals surface area contributed by atoms with Crippen LogP contribution in [0.3, 0.4) is 0 Å². The van der Waals surface area contributed by atoms with Gasteiger partial charge in [0.2, 0.25) is 0 Å². The third-order valence-corrected chi connectivity index (χ3v) is 2.07. The number of rotatable bonds is 3. The Morgan fingerprint density at radius 2 is 1.93 bits per heavy atom. The summed E-state index contributed by atoms with van der Waals surface area (Å²) in [5, 5.41) is 44.9. The highest BCUT2D eigenvalue weighted by molar-refractivity contribution is 5.77. The number of ether oxygens (including phenoxy) is 1. The molecule has 1 saturated heterocycles. The molecular weight excluding hydrogens is 196 g/mol. The molecule has 14 heavy (non-hydrogen) atoms. The van der Waals surface area contributed by atoms with Crippen molar-refractivity contribution in [1.29, 1.82) is 0 Å². The molecule has 7 heteroatoms. The van der Waals surface area contributed by atoms with E-state index in [-0.39, 0.29) is 0 Å². The Morgan fingerprint density at radius 1 is 1.36 bits per heavy atom. The highest BCUT2D eigenvalue weighted by Gasteiger charge is 2.47. The smallest absolute Gasteiger partial charge is 0.338 e. The molecule has 7 nitrogen and oxygen atoms in total. The lowest BCUT2D eigenvalue weighted by molar-refractivity contribution is -0.155. The fourth-order valence-corrected chi connectivity index (χ4v) is 1.19. The fraction of sp³-hybridized carbons (Fsp3) is 0.857. The summed E-state index contributed by atoms with van der Waals surface area (Å²) in [6, 6.07) is 0. The number of carbonyl (C=O) groups excluding carboxylic acids is 1. The largest absolute Gasteiger partial charge is 0.455 e. The van der Waals surface area contributed by atoms with E-state index in [0.717, 1.165) is 0 Å². The Hall–Kier alpha value is -0.730. The molecule has 0 bridgehead atoms.